The molecular weight excluding hydrogens is 701 g/mol. The van der Waals surface area contributed by atoms with Gasteiger partial charge in [-0.2, -0.15) is 0 Å². The lowest BCUT2D eigenvalue weighted by Gasteiger charge is -2.28. The highest BCUT2D eigenvalue weighted by molar-refractivity contribution is 6.09. The van der Waals surface area contributed by atoms with Crippen LogP contribution in [0.15, 0.2) is 231 Å². The van der Waals surface area contributed by atoms with Gasteiger partial charge in [-0.15, -0.1) is 0 Å². The van der Waals surface area contributed by atoms with Crippen molar-refractivity contribution in [3.8, 4) is 39.1 Å². The van der Waals surface area contributed by atoms with E-state index >= 15 is 0 Å². The highest BCUT2D eigenvalue weighted by Gasteiger charge is 2.19. The van der Waals surface area contributed by atoms with E-state index in [0.29, 0.717) is 0 Å². The SMILES string of the molecule is c1ccc(-c2ccc(N(c3ccc(-c4ccc(-c5cccc6ccccc56)cc4)cc3)c3ccc(-n4c5ccccc5c5ccccc54)cc3)c3ccccc23)cc1. The molecule has 0 saturated heterocycles. The van der Waals surface area contributed by atoms with Crippen LogP contribution in [0.4, 0.5) is 17.1 Å². The Hall–Kier alpha value is -7.68. The summed E-state index contributed by atoms with van der Waals surface area (Å²) < 4.78 is 2.38. The molecule has 11 aromatic rings. The van der Waals surface area contributed by atoms with Crippen molar-refractivity contribution < 1.29 is 0 Å². The Balaban J connectivity index is 1.01. The molecule has 0 spiro atoms. The highest BCUT2D eigenvalue weighted by Crippen LogP contribution is 2.43. The predicted molar refractivity (Wildman–Crippen MR) is 247 cm³/mol. The Kier molecular flexibility index (Phi) is 8.19. The third-order valence-corrected chi connectivity index (χ3v) is 11.6. The molecule has 0 N–H and O–H groups in total. The normalized spacial score (nSPS) is 11.4. The third kappa shape index (κ3) is 5.74. The van der Waals surface area contributed by atoms with Crippen molar-refractivity contribution in [2.24, 2.45) is 0 Å². The monoisotopic (exact) mass is 738 g/mol. The van der Waals surface area contributed by atoms with Crippen LogP contribution in [0, 0.1) is 0 Å². The van der Waals surface area contributed by atoms with Crippen LogP contribution in [0.5, 0.6) is 0 Å². The molecule has 0 amide bonds. The minimum Gasteiger partial charge on any atom is -0.310 e. The molecule has 10 aromatic carbocycles. The number of anilines is 3. The van der Waals surface area contributed by atoms with E-state index in [4.69, 9.17) is 0 Å². The lowest BCUT2D eigenvalue weighted by Crippen LogP contribution is -2.11. The number of benzene rings is 10. The molecule has 0 aliphatic carbocycles. The molecule has 0 bridgehead atoms. The van der Waals surface area contributed by atoms with Gasteiger partial charge in [0.05, 0.1) is 16.7 Å². The lowest BCUT2D eigenvalue weighted by molar-refractivity contribution is 1.17. The highest BCUT2D eigenvalue weighted by atomic mass is 15.1. The van der Waals surface area contributed by atoms with Crippen LogP contribution in [0.3, 0.4) is 0 Å². The molecule has 2 heteroatoms. The van der Waals surface area contributed by atoms with Gasteiger partial charge in [-0.25, -0.2) is 0 Å². The van der Waals surface area contributed by atoms with Crippen LogP contribution in [-0.4, -0.2) is 4.57 Å². The minimum atomic E-state index is 1.09. The number of para-hydroxylation sites is 2. The maximum Gasteiger partial charge on any atom is 0.0541 e. The van der Waals surface area contributed by atoms with E-state index in [2.05, 4.69) is 240 Å². The van der Waals surface area contributed by atoms with Crippen molar-refractivity contribution in [2.75, 3.05) is 4.90 Å². The second-order valence-corrected chi connectivity index (χ2v) is 14.9. The predicted octanol–water partition coefficient (Wildman–Crippen LogP) is 15.6. The minimum absolute atomic E-state index is 1.09. The Morgan fingerprint density at radius 2 is 0.741 bits per heavy atom. The zero-order valence-electron chi connectivity index (χ0n) is 31.8. The number of rotatable bonds is 7. The smallest absolute Gasteiger partial charge is 0.0541 e. The van der Waals surface area contributed by atoms with Gasteiger partial charge in [0, 0.05) is 33.2 Å². The van der Waals surface area contributed by atoms with Gasteiger partial charge in [-0.3, -0.25) is 0 Å². The average Bonchev–Trinajstić information content (AvgIpc) is 3.64. The topological polar surface area (TPSA) is 8.17 Å². The maximum atomic E-state index is 2.40. The van der Waals surface area contributed by atoms with Crippen LogP contribution < -0.4 is 4.90 Å². The fourth-order valence-electron chi connectivity index (χ4n) is 8.85. The number of aromatic nitrogens is 1. The van der Waals surface area contributed by atoms with E-state index in [-0.39, 0.29) is 0 Å². The van der Waals surface area contributed by atoms with Crippen molar-refractivity contribution in [1.29, 1.82) is 0 Å². The molecule has 11 rings (SSSR count). The zero-order chi connectivity index (χ0) is 38.4. The van der Waals surface area contributed by atoms with Gasteiger partial charge in [0.15, 0.2) is 0 Å². The first-order chi connectivity index (χ1) is 28.8. The van der Waals surface area contributed by atoms with Crippen molar-refractivity contribution in [3.05, 3.63) is 231 Å². The lowest BCUT2D eigenvalue weighted by atomic mass is 9.95. The Morgan fingerprint density at radius 1 is 0.276 bits per heavy atom. The first-order valence-corrected chi connectivity index (χ1v) is 19.9. The standard InChI is InChI=1S/C56H38N2/c1-2-13-41(14-3-1)49-37-38-56(51-19-7-6-18-50(49)51)57(45-33-35-46(36-34-45)58-54-23-10-8-20-52(54)53-21-9-11-24-55(53)58)44-31-29-40(30-32-44)39-25-27-43(28-26-39)48-22-12-16-42-15-4-5-17-47(42)48/h1-38H. The molecule has 0 fully saturated rings. The summed E-state index contributed by atoms with van der Waals surface area (Å²) in [6.45, 7) is 0. The summed E-state index contributed by atoms with van der Waals surface area (Å²) >= 11 is 0. The second-order valence-electron chi connectivity index (χ2n) is 14.9. The molecule has 0 atom stereocenters. The van der Waals surface area contributed by atoms with Crippen LogP contribution in [0.2, 0.25) is 0 Å². The van der Waals surface area contributed by atoms with E-state index in [1.165, 1.54) is 76.7 Å². The van der Waals surface area contributed by atoms with E-state index < -0.39 is 0 Å². The summed E-state index contributed by atoms with van der Waals surface area (Å²) in [4.78, 5) is 2.40. The number of fused-ring (bicyclic) bond motifs is 5. The molecule has 1 aromatic heterocycles. The molecular formula is C56H38N2. The van der Waals surface area contributed by atoms with Crippen LogP contribution in [0.25, 0.3) is 82.4 Å². The molecule has 58 heavy (non-hydrogen) atoms. The van der Waals surface area contributed by atoms with Crippen molar-refractivity contribution in [2.45, 2.75) is 0 Å². The van der Waals surface area contributed by atoms with Gasteiger partial charge in [0.1, 0.15) is 0 Å². The van der Waals surface area contributed by atoms with Gasteiger partial charge < -0.3 is 9.47 Å². The van der Waals surface area contributed by atoms with Gasteiger partial charge in [-0.1, -0.05) is 176 Å². The molecule has 1 heterocycles. The fraction of sp³-hybridized carbons (Fsp3) is 0. The van der Waals surface area contributed by atoms with Crippen molar-refractivity contribution in [1.82, 2.24) is 4.57 Å². The third-order valence-electron chi connectivity index (χ3n) is 11.6. The summed E-state index contributed by atoms with van der Waals surface area (Å²) in [6.07, 6.45) is 0. The van der Waals surface area contributed by atoms with Crippen LogP contribution in [-0.2, 0) is 0 Å². The molecule has 0 unspecified atom stereocenters. The maximum absolute atomic E-state index is 2.40. The molecule has 272 valence electrons. The molecule has 0 aliphatic rings. The molecule has 2 nitrogen and oxygen atoms in total. The van der Waals surface area contributed by atoms with Gasteiger partial charge >= 0.3 is 0 Å². The molecule has 0 aliphatic heterocycles. The Morgan fingerprint density at radius 3 is 1.41 bits per heavy atom. The number of hydrogen-bond acceptors (Lipinski definition) is 1. The fourth-order valence-corrected chi connectivity index (χ4v) is 8.85. The zero-order valence-corrected chi connectivity index (χ0v) is 31.8. The van der Waals surface area contributed by atoms with E-state index in [0.717, 1.165) is 22.7 Å². The molecule has 0 saturated carbocycles. The number of nitrogens with zero attached hydrogens (tertiary/aromatic N) is 2. The first kappa shape index (κ1) is 33.6. The summed E-state index contributed by atoms with van der Waals surface area (Å²) in [7, 11) is 0. The second kappa shape index (κ2) is 14.1. The van der Waals surface area contributed by atoms with E-state index in [1.807, 2.05) is 0 Å². The van der Waals surface area contributed by atoms with Crippen LogP contribution in [0.1, 0.15) is 0 Å². The van der Waals surface area contributed by atoms with Gasteiger partial charge in [0.2, 0.25) is 0 Å². The average molecular weight is 739 g/mol. The van der Waals surface area contributed by atoms with Gasteiger partial charge in [-0.05, 0) is 104 Å². The van der Waals surface area contributed by atoms with Crippen LogP contribution >= 0.6 is 0 Å². The Bertz CT molecular complexity index is 3190. The summed E-state index contributed by atoms with van der Waals surface area (Å²) in [5, 5.41) is 7.47. The largest absolute Gasteiger partial charge is 0.310 e. The summed E-state index contributed by atoms with van der Waals surface area (Å²) in [5.74, 6) is 0. The van der Waals surface area contributed by atoms with Crippen molar-refractivity contribution in [3.63, 3.8) is 0 Å². The summed E-state index contributed by atoms with van der Waals surface area (Å²) in [5.41, 5.74) is 14.1. The Labute approximate surface area is 338 Å². The first-order valence-electron chi connectivity index (χ1n) is 19.9. The number of hydrogen-bond donors (Lipinski definition) is 0. The molecule has 0 radical (unpaired) electrons. The summed E-state index contributed by atoms with van der Waals surface area (Å²) in [6, 6.07) is 83.6. The van der Waals surface area contributed by atoms with E-state index in [1.54, 1.807) is 0 Å². The van der Waals surface area contributed by atoms with E-state index in [9.17, 15) is 0 Å². The van der Waals surface area contributed by atoms with Crippen molar-refractivity contribution >= 4 is 60.4 Å². The quantitative estimate of drug-likeness (QED) is 0.158. The van der Waals surface area contributed by atoms with Gasteiger partial charge in [0.25, 0.3) is 0 Å².